The van der Waals surface area contributed by atoms with E-state index < -0.39 is 15.9 Å². The van der Waals surface area contributed by atoms with Gasteiger partial charge in [-0.2, -0.15) is 4.31 Å². The van der Waals surface area contributed by atoms with Crippen LogP contribution in [0.3, 0.4) is 0 Å². The van der Waals surface area contributed by atoms with Crippen LogP contribution < -0.4 is 10.1 Å². The van der Waals surface area contributed by atoms with Crippen molar-refractivity contribution in [2.24, 2.45) is 5.92 Å². The van der Waals surface area contributed by atoms with E-state index in [2.05, 4.69) is 28.2 Å². The van der Waals surface area contributed by atoms with Gasteiger partial charge in [-0.15, -0.1) is 0 Å². The summed E-state index contributed by atoms with van der Waals surface area (Å²) in [4.78, 5) is 12.9. The number of benzene rings is 2. The molecular weight excluding hydrogens is 480 g/mol. The van der Waals surface area contributed by atoms with Crippen LogP contribution in [0, 0.1) is 5.92 Å². The molecule has 2 aromatic rings. The molecule has 0 radical (unpaired) electrons. The third-order valence-corrected chi connectivity index (χ3v) is 8.10. The molecule has 156 valence electrons. The van der Waals surface area contributed by atoms with Gasteiger partial charge in [-0.1, -0.05) is 18.5 Å². The standard InChI is InChI=1S/C20H22BrClN2O4S/c1-13-7-9-24(10-8-13)29(26,27)15-4-6-19(28-2)16(12-15)20(25)23-14-3-5-17(21)18(22)11-14/h3-6,11-13H,7-10H2,1-2H3,(H,23,25). The van der Waals surface area contributed by atoms with Crippen molar-refractivity contribution in [1.82, 2.24) is 4.31 Å². The highest BCUT2D eigenvalue weighted by molar-refractivity contribution is 9.10. The topological polar surface area (TPSA) is 75.7 Å². The highest BCUT2D eigenvalue weighted by Gasteiger charge is 2.29. The number of amides is 1. The first-order valence-electron chi connectivity index (χ1n) is 9.17. The Bertz CT molecular complexity index is 1020. The summed E-state index contributed by atoms with van der Waals surface area (Å²) < 4.78 is 33.5. The summed E-state index contributed by atoms with van der Waals surface area (Å²) in [5.74, 6) is 0.317. The number of sulfonamides is 1. The highest BCUT2D eigenvalue weighted by Crippen LogP contribution is 2.29. The van der Waals surface area contributed by atoms with E-state index in [0.717, 1.165) is 12.8 Å². The summed E-state index contributed by atoms with van der Waals surface area (Å²) in [6.45, 7) is 3.08. The second kappa shape index (κ2) is 9.04. The molecule has 1 N–H and O–H groups in total. The predicted molar refractivity (Wildman–Crippen MR) is 117 cm³/mol. The number of methoxy groups -OCH3 is 1. The Morgan fingerprint density at radius 3 is 2.52 bits per heavy atom. The van der Waals surface area contributed by atoms with Gasteiger partial charge in [-0.05, 0) is 71.1 Å². The number of hydrogen-bond acceptors (Lipinski definition) is 4. The lowest BCUT2D eigenvalue weighted by Crippen LogP contribution is -2.37. The zero-order valence-corrected chi connectivity index (χ0v) is 19.3. The Morgan fingerprint density at radius 1 is 1.21 bits per heavy atom. The normalized spacial score (nSPS) is 15.9. The first kappa shape index (κ1) is 22.1. The van der Waals surface area contributed by atoms with Crippen molar-refractivity contribution in [3.8, 4) is 5.75 Å². The van der Waals surface area contributed by atoms with Gasteiger partial charge in [-0.25, -0.2) is 8.42 Å². The lowest BCUT2D eigenvalue weighted by atomic mass is 10.0. The Balaban J connectivity index is 1.90. The number of carbonyl (C=O) groups is 1. The van der Waals surface area contributed by atoms with Crippen molar-refractivity contribution in [3.05, 3.63) is 51.5 Å². The fourth-order valence-electron chi connectivity index (χ4n) is 3.17. The minimum Gasteiger partial charge on any atom is -0.496 e. The third-order valence-electron chi connectivity index (χ3n) is 4.97. The van der Waals surface area contributed by atoms with Crippen LogP contribution in [0.5, 0.6) is 5.75 Å². The van der Waals surface area contributed by atoms with Gasteiger partial charge in [0.15, 0.2) is 0 Å². The number of ether oxygens (including phenoxy) is 1. The van der Waals surface area contributed by atoms with Crippen LogP contribution in [-0.4, -0.2) is 38.8 Å². The van der Waals surface area contributed by atoms with E-state index in [0.29, 0.717) is 34.2 Å². The molecule has 1 aliphatic heterocycles. The summed E-state index contributed by atoms with van der Waals surface area (Å²) >= 11 is 9.38. The number of anilines is 1. The Morgan fingerprint density at radius 2 is 1.90 bits per heavy atom. The van der Waals surface area contributed by atoms with E-state index in [1.807, 2.05) is 0 Å². The van der Waals surface area contributed by atoms with Crippen LogP contribution in [0.1, 0.15) is 30.1 Å². The zero-order chi connectivity index (χ0) is 21.2. The second-order valence-corrected chi connectivity index (χ2v) is 10.2. The van der Waals surface area contributed by atoms with E-state index in [-0.39, 0.29) is 16.2 Å². The maximum absolute atomic E-state index is 13.0. The quantitative estimate of drug-likeness (QED) is 0.639. The molecule has 0 spiro atoms. The largest absolute Gasteiger partial charge is 0.496 e. The summed E-state index contributed by atoms with van der Waals surface area (Å²) in [6.07, 6.45) is 1.65. The van der Waals surface area contributed by atoms with Crippen molar-refractivity contribution in [2.45, 2.75) is 24.7 Å². The number of rotatable bonds is 5. The molecule has 0 aliphatic carbocycles. The molecule has 1 heterocycles. The molecule has 0 atom stereocenters. The molecular formula is C20H22BrClN2O4S. The lowest BCUT2D eigenvalue weighted by molar-refractivity contribution is 0.102. The molecule has 0 aromatic heterocycles. The molecule has 1 amide bonds. The van der Waals surface area contributed by atoms with Gasteiger partial charge in [-0.3, -0.25) is 4.79 Å². The molecule has 0 bridgehead atoms. The number of carbonyl (C=O) groups excluding carboxylic acids is 1. The van der Waals surface area contributed by atoms with E-state index in [9.17, 15) is 13.2 Å². The van der Waals surface area contributed by atoms with Gasteiger partial charge in [0.25, 0.3) is 5.91 Å². The van der Waals surface area contributed by atoms with Crippen LogP contribution in [-0.2, 0) is 10.0 Å². The molecule has 1 fully saturated rings. The van der Waals surface area contributed by atoms with Crippen molar-refractivity contribution in [1.29, 1.82) is 0 Å². The molecule has 3 rings (SSSR count). The van der Waals surface area contributed by atoms with Gasteiger partial charge < -0.3 is 10.1 Å². The molecule has 9 heteroatoms. The van der Waals surface area contributed by atoms with Gasteiger partial charge in [0.2, 0.25) is 10.0 Å². The van der Waals surface area contributed by atoms with Crippen LogP contribution >= 0.6 is 27.5 Å². The monoisotopic (exact) mass is 500 g/mol. The van der Waals surface area contributed by atoms with Crippen LogP contribution in [0.4, 0.5) is 5.69 Å². The zero-order valence-electron chi connectivity index (χ0n) is 16.1. The Labute approximate surface area is 184 Å². The van der Waals surface area contributed by atoms with Gasteiger partial charge in [0.05, 0.1) is 22.6 Å². The van der Waals surface area contributed by atoms with Gasteiger partial charge >= 0.3 is 0 Å². The van der Waals surface area contributed by atoms with Crippen molar-refractivity contribution in [2.75, 3.05) is 25.5 Å². The van der Waals surface area contributed by atoms with Crippen LogP contribution in [0.15, 0.2) is 45.8 Å². The average molecular weight is 502 g/mol. The van der Waals surface area contributed by atoms with Crippen LogP contribution in [0.2, 0.25) is 5.02 Å². The number of piperidine rings is 1. The third kappa shape index (κ3) is 4.94. The first-order chi connectivity index (χ1) is 13.7. The second-order valence-electron chi connectivity index (χ2n) is 7.03. The minimum atomic E-state index is -3.68. The van der Waals surface area contributed by atoms with Gasteiger partial charge in [0.1, 0.15) is 5.75 Å². The highest BCUT2D eigenvalue weighted by atomic mass is 79.9. The molecule has 0 saturated carbocycles. The lowest BCUT2D eigenvalue weighted by Gasteiger charge is -2.29. The molecule has 1 saturated heterocycles. The Kier molecular flexibility index (Phi) is 6.88. The Hall–Kier alpha value is -1.61. The van der Waals surface area contributed by atoms with E-state index in [1.54, 1.807) is 18.2 Å². The maximum atomic E-state index is 13.0. The number of nitrogens with zero attached hydrogens (tertiary/aromatic N) is 1. The fraction of sp³-hybridized carbons (Fsp3) is 0.350. The number of hydrogen-bond donors (Lipinski definition) is 1. The summed E-state index contributed by atoms with van der Waals surface area (Å²) in [5.41, 5.74) is 0.626. The summed E-state index contributed by atoms with van der Waals surface area (Å²) in [5, 5.41) is 3.18. The number of nitrogens with one attached hydrogen (secondary N) is 1. The fourth-order valence-corrected chi connectivity index (χ4v) is 5.10. The van der Waals surface area contributed by atoms with Crippen LogP contribution in [0.25, 0.3) is 0 Å². The number of halogens is 2. The van der Waals surface area contributed by atoms with E-state index >= 15 is 0 Å². The summed E-state index contributed by atoms with van der Waals surface area (Å²) in [7, 11) is -2.25. The SMILES string of the molecule is COc1ccc(S(=O)(=O)N2CCC(C)CC2)cc1C(=O)Nc1ccc(Br)c(Cl)c1. The minimum absolute atomic E-state index is 0.0758. The predicted octanol–water partition coefficient (Wildman–Crippen LogP) is 4.78. The molecule has 6 nitrogen and oxygen atoms in total. The average Bonchev–Trinajstić information content (AvgIpc) is 2.70. The molecule has 2 aromatic carbocycles. The van der Waals surface area contributed by atoms with Crippen molar-refractivity contribution < 1.29 is 17.9 Å². The van der Waals surface area contributed by atoms with Gasteiger partial charge in [0, 0.05) is 23.2 Å². The molecule has 1 aliphatic rings. The smallest absolute Gasteiger partial charge is 0.259 e. The molecule has 0 unspecified atom stereocenters. The van der Waals surface area contributed by atoms with Crippen molar-refractivity contribution in [3.63, 3.8) is 0 Å². The molecule has 29 heavy (non-hydrogen) atoms. The first-order valence-corrected chi connectivity index (χ1v) is 11.8. The van der Waals surface area contributed by atoms with E-state index in [4.69, 9.17) is 16.3 Å². The van der Waals surface area contributed by atoms with Crippen molar-refractivity contribution >= 4 is 49.1 Å². The van der Waals surface area contributed by atoms with E-state index in [1.165, 1.54) is 29.6 Å². The maximum Gasteiger partial charge on any atom is 0.259 e. The summed E-state index contributed by atoms with van der Waals surface area (Å²) in [6, 6.07) is 9.35.